The van der Waals surface area contributed by atoms with Gasteiger partial charge in [0.15, 0.2) is 0 Å². The minimum Gasteiger partial charge on any atom is -0.419 e. The van der Waals surface area contributed by atoms with Crippen LogP contribution in [0.3, 0.4) is 0 Å². The first-order valence-corrected chi connectivity index (χ1v) is 10.2. The van der Waals surface area contributed by atoms with Crippen molar-refractivity contribution in [1.82, 2.24) is 20.0 Å². The summed E-state index contributed by atoms with van der Waals surface area (Å²) in [5, 5.41) is 8.28. The van der Waals surface area contributed by atoms with Crippen molar-refractivity contribution >= 4 is 21.8 Å². The fraction of sp³-hybridized carbons (Fsp3) is 0.286. The van der Waals surface area contributed by atoms with E-state index in [0.717, 1.165) is 10.0 Å². The molecule has 0 unspecified atom stereocenters. The molecule has 3 aromatic rings. The summed E-state index contributed by atoms with van der Waals surface area (Å²) in [6.45, 7) is 4.72. The van der Waals surface area contributed by atoms with Crippen LogP contribution in [0.1, 0.15) is 21.8 Å². The number of piperazine rings is 1. The third-order valence-electron chi connectivity index (χ3n) is 5.01. The van der Waals surface area contributed by atoms with Gasteiger partial charge in [0.1, 0.15) is 5.82 Å². The van der Waals surface area contributed by atoms with Crippen molar-refractivity contribution in [3.63, 3.8) is 0 Å². The maximum atomic E-state index is 13.8. The minimum absolute atomic E-state index is 0.141. The van der Waals surface area contributed by atoms with Gasteiger partial charge in [-0.15, -0.1) is 10.2 Å². The highest BCUT2D eigenvalue weighted by molar-refractivity contribution is 9.10. The highest BCUT2D eigenvalue weighted by atomic mass is 79.9. The second-order valence-corrected chi connectivity index (χ2v) is 7.87. The molecule has 1 fully saturated rings. The predicted octanol–water partition coefficient (Wildman–Crippen LogP) is 3.90. The monoisotopic (exact) mass is 458 g/mol. The average molecular weight is 459 g/mol. The molecular formula is C21H20BrFN4O2. The van der Waals surface area contributed by atoms with Crippen molar-refractivity contribution in [1.29, 1.82) is 0 Å². The van der Waals surface area contributed by atoms with E-state index in [2.05, 4.69) is 31.0 Å². The Bertz CT molecular complexity index is 1030. The SMILES string of the molecule is Cc1ccc(C(=O)N2CCN(Cc3nnc(-c4ccccc4Br)o3)CC2)cc1F. The van der Waals surface area contributed by atoms with Gasteiger partial charge in [0.05, 0.1) is 12.1 Å². The molecule has 0 N–H and O–H groups in total. The molecule has 1 aliphatic rings. The van der Waals surface area contributed by atoms with Gasteiger partial charge >= 0.3 is 0 Å². The van der Waals surface area contributed by atoms with Gasteiger partial charge in [0, 0.05) is 36.2 Å². The first-order valence-electron chi connectivity index (χ1n) is 9.36. The van der Waals surface area contributed by atoms with Gasteiger partial charge in [-0.2, -0.15) is 0 Å². The molecule has 4 rings (SSSR count). The number of aromatic nitrogens is 2. The molecule has 0 bridgehead atoms. The molecule has 2 aromatic carbocycles. The number of hydrogen-bond acceptors (Lipinski definition) is 5. The van der Waals surface area contributed by atoms with Crippen LogP contribution in [0.4, 0.5) is 4.39 Å². The van der Waals surface area contributed by atoms with Crippen LogP contribution in [0, 0.1) is 12.7 Å². The summed E-state index contributed by atoms with van der Waals surface area (Å²) < 4.78 is 20.5. The molecule has 1 aliphatic heterocycles. The van der Waals surface area contributed by atoms with Crippen LogP contribution in [0.25, 0.3) is 11.5 Å². The van der Waals surface area contributed by atoms with Crippen molar-refractivity contribution in [3.05, 3.63) is 69.8 Å². The lowest BCUT2D eigenvalue weighted by molar-refractivity contribution is 0.0618. The lowest BCUT2D eigenvalue weighted by Crippen LogP contribution is -2.48. The Balaban J connectivity index is 1.35. The number of aryl methyl sites for hydroxylation is 1. The minimum atomic E-state index is -0.355. The number of nitrogens with zero attached hydrogens (tertiary/aromatic N) is 4. The number of hydrogen-bond donors (Lipinski definition) is 0. The Morgan fingerprint density at radius 2 is 1.90 bits per heavy atom. The Morgan fingerprint density at radius 1 is 1.14 bits per heavy atom. The van der Waals surface area contributed by atoms with E-state index in [4.69, 9.17) is 4.42 Å². The lowest BCUT2D eigenvalue weighted by Gasteiger charge is -2.34. The molecule has 0 radical (unpaired) electrons. The zero-order valence-corrected chi connectivity index (χ0v) is 17.5. The van der Waals surface area contributed by atoms with Gasteiger partial charge < -0.3 is 9.32 Å². The van der Waals surface area contributed by atoms with E-state index in [1.165, 1.54) is 6.07 Å². The number of amides is 1. The maximum Gasteiger partial charge on any atom is 0.254 e. The first-order chi connectivity index (χ1) is 14.0. The molecule has 150 valence electrons. The number of benzene rings is 2. The Kier molecular flexibility index (Phi) is 5.73. The fourth-order valence-corrected chi connectivity index (χ4v) is 3.72. The third kappa shape index (κ3) is 4.38. The molecule has 1 aromatic heterocycles. The molecular weight excluding hydrogens is 439 g/mol. The summed E-state index contributed by atoms with van der Waals surface area (Å²) in [7, 11) is 0. The third-order valence-corrected chi connectivity index (χ3v) is 5.70. The summed E-state index contributed by atoms with van der Waals surface area (Å²) in [4.78, 5) is 16.5. The Hall–Kier alpha value is -2.58. The smallest absolute Gasteiger partial charge is 0.254 e. The average Bonchev–Trinajstić information content (AvgIpc) is 3.18. The second kappa shape index (κ2) is 8.42. The molecule has 1 saturated heterocycles. The van der Waals surface area contributed by atoms with E-state index in [1.54, 1.807) is 24.0 Å². The van der Waals surface area contributed by atoms with Crippen LogP contribution in [-0.4, -0.2) is 52.1 Å². The standard InChI is InChI=1S/C21H20BrFN4O2/c1-14-6-7-15(12-18(14)23)21(28)27-10-8-26(9-11-27)13-19-24-25-20(29-19)16-4-2-3-5-17(16)22/h2-7,12H,8-11,13H2,1H3. The van der Waals surface area contributed by atoms with Gasteiger partial charge in [0.2, 0.25) is 11.8 Å². The fourth-order valence-electron chi connectivity index (χ4n) is 3.27. The van der Waals surface area contributed by atoms with E-state index >= 15 is 0 Å². The van der Waals surface area contributed by atoms with Crippen LogP contribution < -0.4 is 0 Å². The Morgan fingerprint density at radius 3 is 2.62 bits per heavy atom. The molecule has 1 amide bonds. The van der Waals surface area contributed by atoms with Crippen molar-refractivity contribution in [2.24, 2.45) is 0 Å². The van der Waals surface area contributed by atoms with Crippen LogP contribution in [0.15, 0.2) is 51.4 Å². The van der Waals surface area contributed by atoms with Gasteiger partial charge in [-0.3, -0.25) is 9.69 Å². The van der Waals surface area contributed by atoms with E-state index in [-0.39, 0.29) is 11.7 Å². The largest absolute Gasteiger partial charge is 0.419 e. The molecule has 0 aliphatic carbocycles. The molecule has 0 saturated carbocycles. The zero-order chi connectivity index (χ0) is 20.4. The molecule has 29 heavy (non-hydrogen) atoms. The van der Waals surface area contributed by atoms with Crippen LogP contribution in [-0.2, 0) is 6.54 Å². The van der Waals surface area contributed by atoms with E-state index in [9.17, 15) is 9.18 Å². The summed E-state index contributed by atoms with van der Waals surface area (Å²) in [5.74, 6) is 0.517. The first kappa shape index (κ1) is 19.7. The second-order valence-electron chi connectivity index (χ2n) is 7.01. The van der Waals surface area contributed by atoms with Crippen molar-refractivity contribution in [2.75, 3.05) is 26.2 Å². The van der Waals surface area contributed by atoms with Crippen LogP contribution >= 0.6 is 15.9 Å². The van der Waals surface area contributed by atoms with Crippen LogP contribution in [0.2, 0.25) is 0 Å². The van der Waals surface area contributed by atoms with E-state index in [0.29, 0.717) is 55.6 Å². The van der Waals surface area contributed by atoms with E-state index < -0.39 is 0 Å². The topological polar surface area (TPSA) is 62.5 Å². The molecule has 0 atom stereocenters. The van der Waals surface area contributed by atoms with Crippen molar-refractivity contribution in [2.45, 2.75) is 13.5 Å². The van der Waals surface area contributed by atoms with Gasteiger partial charge in [-0.05, 0) is 52.7 Å². The predicted molar refractivity (Wildman–Crippen MR) is 110 cm³/mol. The highest BCUT2D eigenvalue weighted by Gasteiger charge is 2.24. The normalized spacial score (nSPS) is 14.9. The zero-order valence-electron chi connectivity index (χ0n) is 15.9. The summed E-state index contributed by atoms with van der Waals surface area (Å²) >= 11 is 3.49. The lowest BCUT2D eigenvalue weighted by atomic mass is 10.1. The molecule has 0 spiro atoms. The number of carbonyl (C=O) groups excluding carboxylic acids is 1. The van der Waals surface area contributed by atoms with Gasteiger partial charge in [-0.1, -0.05) is 18.2 Å². The number of halogens is 2. The summed E-state index contributed by atoms with van der Waals surface area (Å²) in [6.07, 6.45) is 0. The van der Waals surface area contributed by atoms with E-state index in [1.807, 2.05) is 24.3 Å². The molecule has 2 heterocycles. The van der Waals surface area contributed by atoms with Gasteiger partial charge in [-0.25, -0.2) is 4.39 Å². The summed E-state index contributed by atoms with van der Waals surface area (Å²) in [5.41, 5.74) is 1.77. The van der Waals surface area contributed by atoms with Crippen molar-refractivity contribution < 1.29 is 13.6 Å². The maximum absolute atomic E-state index is 13.8. The summed E-state index contributed by atoms with van der Waals surface area (Å²) in [6, 6.07) is 12.3. The quantitative estimate of drug-likeness (QED) is 0.592. The van der Waals surface area contributed by atoms with Gasteiger partial charge in [0.25, 0.3) is 5.91 Å². The highest BCUT2D eigenvalue weighted by Crippen LogP contribution is 2.27. The van der Waals surface area contributed by atoms with Crippen LogP contribution in [0.5, 0.6) is 0 Å². The molecule has 8 heteroatoms. The number of rotatable bonds is 4. The number of carbonyl (C=O) groups is 1. The van der Waals surface area contributed by atoms with Crippen molar-refractivity contribution in [3.8, 4) is 11.5 Å². The Labute approximate surface area is 176 Å². The molecule has 6 nitrogen and oxygen atoms in total.